The van der Waals surface area contributed by atoms with E-state index in [9.17, 15) is 0 Å². The minimum absolute atomic E-state index is 0. The molecule has 0 aromatic carbocycles. The first-order valence-electron chi connectivity index (χ1n) is 0. The van der Waals surface area contributed by atoms with Gasteiger partial charge in [0.05, 0.1) is 0 Å². The van der Waals surface area contributed by atoms with Crippen LogP contribution in [-0.4, -0.2) is 34.7 Å². The Bertz CT molecular complexity index is 6.00. The van der Waals surface area contributed by atoms with Crippen LogP contribution in [0.15, 0.2) is 0 Å². The van der Waals surface area contributed by atoms with Crippen LogP contribution in [0.4, 0.5) is 0 Å². The van der Waals surface area contributed by atoms with Crippen molar-refractivity contribution in [2.75, 3.05) is 0 Å². The van der Waals surface area contributed by atoms with Crippen molar-refractivity contribution in [1.82, 2.24) is 0 Å². The van der Waals surface area contributed by atoms with E-state index in [1.54, 1.807) is 0 Å². The Kier molecular flexibility index (Phi) is 179. The van der Waals surface area contributed by atoms with Crippen molar-refractivity contribution in [3.63, 3.8) is 0 Å². The van der Waals surface area contributed by atoms with Gasteiger partial charge in [0.2, 0.25) is 0 Å². The second-order valence-electron chi connectivity index (χ2n) is 0. The first-order valence-corrected chi connectivity index (χ1v) is 0. The molecule has 4 heavy (non-hydrogen) atoms. The fourth-order valence-corrected chi connectivity index (χ4v) is 0. The normalized spacial score (nSPS) is 0. The van der Waals surface area contributed by atoms with E-state index < -0.39 is 0 Å². The third-order valence-corrected chi connectivity index (χ3v) is 0. The molecule has 0 aliphatic rings. The second-order valence-corrected chi connectivity index (χ2v) is 0. The van der Waals surface area contributed by atoms with Gasteiger partial charge in [0.1, 0.15) is 0 Å². The molecule has 0 fully saturated rings. The topological polar surface area (TPSA) is 0 Å². The molecule has 0 N–H and O–H groups in total. The number of rotatable bonds is 0. The van der Waals surface area contributed by atoms with Gasteiger partial charge in [0, 0.05) is 33.3 Å². The minimum Gasteiger partial charge on any atom is 0 e. The molecular formula is H6Al2CoNi. The summed E-state index contributed by atoms with van der Waals surface area (Å²) in [5.41, 5.74) is 0. The Morgan fingerprint density at radius 3 is 0.750 bits per heavy atom. The fraction of sp³-hybridized carbons (Fsp3) is 0. The maximum atomic E-state index is 0. The van der Waals surface area contributed by atoms with Crippen molar-refractivity contribution >= 4 is 34.7 Å². The van der Waals surface area contributed by atoms with Crippen LogP contribution in [0.25, 0.3) is 0 Å². The molecule has 0 heterocycles. The predicted octanol–water partition coefficient (Wildman–Crippen LogP) is -2.37. The smallest absolute Gasteiger partial charge is 0 e. The van der Waals surface area contributed by atoms with E-state index in [1.807, 2.05) is 0 Å². The summed E-state index contributed by atoms with van der Waals surface area (Å²) in [5, 5.41) is 0. The van der Waals surface area contributed by atoms with E-state index in [-0.39, 0.29) is 68.0 Å². The summed E-state index contributed by atoms with van der Waals surface area (Å²) in [6.07, 6.45) is 0. The Labute approximate surface area is 67.5 Å². The molecule has 31 valence electrons. The van der Waals surface area contributed by atoms with Gasteiger partial charge in [-0.2, -0.15) is 0 Å². The minimum atomic E-state index is 0. The fourth-order valence-electron chi connectivity index (χ4n) is 0. The summed E-state index contributed by atoms with van der Waals surface area (Å²) >= 11 is 0. The van der Waals surface area contributed by atoms with Crippen molar-refractivity contribution in [1.29, 1.82) is 0 Å². The molecule has 0 nitrogen and oxygen atoms in total. The van der Waals surface area contributed by atoms with Gasteiger partial charge in [0.25, 0.3) is 0 Å². The molecule has 0 bridgehead atoms. The molecule has 0 aliphatic carbocycles. The van der Waals surface area contributed by atoms with E-state index in [4.69, 9.17) is 0 Å². The molecule has 0 spiro atoms. The molecule has 0 aliphatic heterocycles. The van der Waals surface area contributed by atoms with E-state index in [0.717, 1.165) is 0 Å². The maximum Gasteiger partial charge on any atom is 0.187 e. The molecule has 1 radical (unpaired) electrons. The maximum absolute atomic E-state index is 0. The summed E-state index contributed by atoms with van der Waals surface area (Å²) < 4.78 is 0. The van der Waals surface area contributed by atoms with E-state index in [0.29, 0.717) is 0 Å². The van der Waals surface area contributed by atoms with Gasteiger partial charge in [-0.1, -0.05) is 0 Å². The molecule has 0 rings (SSSR count). The number of hydrogen-bond donors (Lipinski definition) is 0. The zero-order valence-corrected chi connectivity index (χ0v) is 2.68. The monoisotopic (exact) mass is 177 g/mol. The molecule has 0 aromatic rings. The van der Waals surface area contributed by atoms with E-state index in [2.05, 4.69) is 0 Å². The van der Waals surface area contributed by atoms with Gasteiger partial charge in [-0.3, -0.25) is 0 Å². The van der Waals surface area contributed by atoms with Crippen molar-refractivity contribution in [3.05, 3.63) is 0 Å². The van der Waals surface area contributed by atoms with Crippen molar-refractivity contribution < 1.29 is 33.3 Å². The summed E-state index contributed by atoms with van der Waals surface area (Å²) in [6.45, 7) is 0. The second kappa shape index (κ2) is 19.6. The third-order valence-electron chi connectivity index (χ3n) is 0. The standard InChI is InChI=1S/2Al.Co.Ni.6H. The Hall–Kier alpha value is 2.06. The van der Waals surface area contributed by atoms with Gasteiger partial charge in [-0.05, 0) is 0 Å². The molecule has 0 saturated carbocycles. The first kappa shape index (κ1) is 36.5. The van der Waals surface area contributed by atoms with Crippen LogP contribution in [0.3, 0.4) is 0 Å². The van der Waals surface area contributed by atoms with Crippen LogP contribution >= 0.6 is 0 Å². The van der Waals surface area contributed by atoms with Crippen LogP contribution in [0.2, 0.25) is 0 Å². The summed E-state index contributed by atoms with van der Waals surface area (Å²) in [6, 6.07) is 0. The van der Waals surface area contributed by atoms with E-state index >= 15 is 0 Å². The molecule has 0 saturated heterocycles. The van der Waals surface area contributed by atoms with Gasteiger partial charge < -0.3 is 0 Å². The van der Waals surface area contributed by atoms with Gasteiger partial charge in [0.15, 0.2) is 34.7 Å². The van der Waals surface area contributed by atoms with Crippen LogP contribution < -0.4 is 0 Å². The van der Waals surface area contributed by atoms with E-state index in [1.165, 1.54) is 0 Å². The average molecular weight is 178 g/mol. The van der Waals surface area contributed by atoms with Gasteiger partial charge in [-0.25, -0.2) is 0 Å². The van der Waals surface area contributed by atoms with Gasteiger partial charge >= 0.3 is 0 Å². The van der Waals surface area contributed by atoms with Crippen LogP contribution in [-0.2, 0) is 33.3 Å². The van der Waals surface area contributed by atoms with Crippen LogP contribution in [0.5, 0.6) is 0 Å². The largest absolute Gasteiger partial charge is 0.187 e. The molecule has 0 aromatic heterocycles. The summed E-state index contributed by atoms with van der Waals surface area (Å²) in [7, 11) is 0. The Balaban J connectivity index is 0. The molecule has 0 unspecified atom stereocenters. The number of hydrogen-bond acceptors (Lipinski definition) is 0. The average Bonchev–Trinajstić information content (AvgIpc) is 0. The van der Waals surface area contributed by atoms with Crippen LogP contribution in [0, 0.1) is 0 Å². The van der Waals surface area contributed by atoms with Gasteiger partial charge in [-0.15, -0.1) is 0 Å². The van der Waals surface area contributed by atoms with Crippen molar-refractivity contribution in [3.8, 4) is 0 Å². The molecule has 0 atom stereocenters. The van der Waals surface area contributed by atoms with Crippen molar-refractivity contribution in [2.24, 2.45) is 0 Å². The molecule has 0 amide bonds. The third kappa shape index (κ3) is 8.96. The van der Waals surface area contributed by atoms with Crippen molar-refractivity contribution in [2.45, 2.75) is 0 Å². The summed E-state index contributed by atoms with van der Waals surface area (Å²) in [4.78, 5) is 0. The molecule has 4 heteroatoms. The Morgan fingerprint density at radius 1 is 0.750 bits per heavy atom. The van der Waals surface area contributed by atoms with Crippen LogP contribution in [0.1, 0.15) is 0 Å². The zero-order chi connectivity index (χ0) is 0. The predicted molar refractivity (Wildman–Crippen MR) is 19.9 cm³/mol. The molecular weight excluding hydrogens is 172 g/mol. The SMILES string of the molecule is [AlH3].[AlH3].[Co].[Ni]. The summed E-state index contributed by atoms with van der Waals surface area (Å²) in [5.74, 6) is 0. The Morgan fingerprint density at radius 2 is 0.750 bits per heavy atom. The zero-order valence-electron chi connectivity index (χ0n) is 0.650. The quantitative estimate of drug-likeness (QED) is 0.363. The first-order chi connectivity index (χ1) is 0.